The summed E-state index contributed by atoms with van der Waals surface area (Å²) in [7, 11) is 0. The van der Waals surface area contributed by atoms with E-state index in [0.29, 0.717) is 6.42 Å². The number of nitrogens with one attached hydrogen (secondary N) is 1. The molecule has 1 aliphatic rings. The SMILES string of the molecule is CCCCCCCCCC/C=C/CC/C=C/CC/C=C/C(O)C(COC1OC(CO)C(O)C(O)C1O)NC(=O)CCCCCCCCCCCCCCCCCCC. The summed E-state index contributed by atoms with van der Waals surface area (Å²) in [5, 5.41) is 54.2. The number of allylic oxidation sites excluding steroid dienone is 5. The van der Waals surface area contributed by atoms with Crippen LogP contribution in [0.25, 0.3) is 0 Å². The smallest absolute Gasteiger partial charge is 0.220 e. The highest BCUT2D eigenvalue weighted by Gasteiger charge is 2.44. The molecule has 1 aliphatic heterocycles. The van der Waals surface area contributed by atoms with Crippen molar-refractivity contribution >= 4 is 5.91 Å². The minimum absolute atomic E-state index is 0.189. The number of hydrogen-bond acceptors (Lipinski definition) is 8. The monoisotopic (exact) mass is 822 g/mol. The molecule has 0 spiro atoms. The Morgan fingerprint density at radius 3 is 1.45 bits per heavy atom. The largest absolute Gasteiger partial charge is 0.394 e. The van der Waals surface area contributed by atoms with E-state index in [1.807, 2.05) is 6.08 Å². The molecule has 7 unspecified atom stereocenters. The first kappa shape index (κ1) is 54.4. The van der Waals surface area contributed by atoms with Crippen LogP contribution in [0, 0.1) is 0 Å². The maximum Gasteiger partial charge on any atom is 0.220 e. The Morgan fingerprint density at radius 2 is 0.983 bits per heavy atom. The fraction of sp³-hybridized carbons (Fsp3) is 0.857. The van der Waals surface area contributed by atoms with Gasteiger partial charge in [-0.05, 0) is 44.9 Å². The van der Waals surface area contributed by atoms with Crippen molar-refractivity contribution in [2.45, 2.75) is 256 Å². The van der Waals surface area contributed by atoms with Crippen LogP contribution in [0.15, 0.2) is 36.5 Å². The Morgan fingerprint density at radius 1 is 0.569 bits per heavy atom. The molecule has 6 N–H and O–H groups in total. The van der Waals surface area contributed by atoms with E-state index >= 15 is 0 Å². The zero-order valence-corrected chi connectivity index (χ0v) is 37.3. The number of aliphatic hydroxyl groups excluding tert-OH is 5. The van der Waals surface area contributed by atoms with Gasteiger partial charge >= 0.3 is 0 Å². The molecule has 1 amide bonds. The van der Waals surface area contributed by atoms with Gasteiger partial charge in [0.15, 0.2) is 6.29 Å². The molecule has 0 saturated carbocycles. The van der Waals surface area contributed by atoms with Crippen molar-refractivity contribution in [1.29, 1.82) is 0 Å². The summed E-state index contributed by atoms with van der Waals surface area (Å²) in [6, 6.07) is -0.824. The highest BCUT2D eigenvalue weighted by molar-refractivity contribution is 5.76. The summed E-state index contributed by atoms with van der Waals surface area (Å²) in [5.41, 5.74) is 0. The summed E-state index contributed by atoms with van der Waals surface area (Å²) in [5.74, 6) is -0.189. The van der Waals surface area contributed by atoms with E-state index in [0.717, 1.165) is 44.9 Å². The second-order valence-corrected chi connectivity index (χ2v) is 16.9. The van der Waals surface area contributed by atoms with Gasteiger partial charge in [0.1, 0.15) is 24.4 Å². The summed E-state index contributed by atoms with van der Waals surface area (Å²) in [6.45, 7) is 3.76. The third kappa shape index (κ3) is 29.6. The van der Waals surface area contributed by atoms with Crippen molar-refractivity contribution in [1.82, 2.24) is 5.32 Å². The van der Waals surface area contributed by atoms with Crippen LogP contribution in [0.3, 0.4) is 0 Å². The van der Waals surface area contributed by atoms with Gasteiger partial charge in [-0.2, -0.15) is 0 Å². The van der Waals surface area contributed by atoms with E-state index in [1.54, 1.807) is 6.08 Å². The molecule has 0 aliphatic carbocycles. The van der Waals surface area contributed by atoms with Crippen molar-refractivity contribution < 1.29 is 39.8 Å². The lowest BCUT2D eigenvalue weighted by Crippen LogP contribution is -2.60. The molecule has 0 bridgehead atoms. The number of carbonyl (C=O) groups excluding carboxylic acids is 1. The standard InChI is InChI=1S/C49H91NO8/c1-3-5-7-9-11-13-15-17-19-21-23-24-26-28-30-32-34-36-38-43(52)42(41-57-49-48(56)47(55)46(54)44(40-51)58-49)50-45(53)39-37-35-33-31-29-27-25-22-20-18-16-14-12-10-8-6-4-2/h21,23,28,30,36,38,42-44,46-49,51-52,54-56H,3-20,22,24-27,29,31-35,37,39-41H2,1-2H3,(H,50,53)/b23-21+,30-28+,38-36+. The molecule has 1 heterocycles. The zero-order chi connectivity index (χ0) is 42.3. The third-order valence-electron chi connectivity index (χ3n) is 11.4. The number of hydrogen-bond donors (Lipinski definition) is 6. The summed E-state index contributed by atoms with van der Waals surface area (Å²) < 4.78 is 11.2. The van der Waals surface area contributed by atoms with Crippen LogP contribution in [-0.2, 0) is 14.3 Å². The maximum absolute atomic E-state index is 13.0. The molecule has 9 heteroatoms. The number of aliphatic hydroxyl groups is 5. The Kier molecular flexibility index (Phi) is 37.1. The number of ether oxygens (including phenoxy) is 2. The molecule has 0 aromatic rings. The Balaban J connectivity index is 2.37. The second-order valence-electron chi connectivity index (χ2n) is 16.9. The fourth-order valence-electron chi connectivity index (χ4n) is 7.54. The average molecular weight is 822 g/mol. The van der Waals surface area contributed by atoms with E-state index < -0.39 is 49.5 Å². The number of unbranched alkanes of at least 4 members (excludes halogenated alkanes) is 26. The number of carbonyl (C=O) groups is 1. The molecule has 58 heavy (non-hydrogen) atoms. The fourth-order valence-corrected chi connectivity index (χ4v) is 7.54. The van der Waals surface area contributed by atoms with Gasteiger partial charge in [-0.15, -0.1) is 0 Å². The van der Waals surface area contributed by atoms with Crippen molar-refractivity contribution in [3.05, 3.63) is 36.5 Å². The summed E-state index contributed by atoms with van der Waals surface area (Å²) in [6.07, 6.45) is 41.9. The van der Waals surface area contributed by atoms with Gasteiger partial charge in [-0.3, -0.25) is 4.79 Å². The van der Waals surface area contributed by atoms with E-state index in [-0.39, 0.29) is 12.5 Å². The van der Waals surface area contributed by atoms with Gasteiger partial charge in [-0.25, -0.2) is 0 Å². The van der Waals surface area contributed by atoms with Gasteiger partial charge in [0.05, 0.1) is 25.4 Å². The van der Waals surface area contributed by atoms with Gasteiger partial charge in [0.25, 0.3) is 0 Å². The predicted octanol–water partition coefficient (Wildman–Crippen LogP) is 10.5. The van der Waals surface area contributed by atoms with Crippen LogP contribution in [-0.4, -0.2) is 87.5 Å². The van der Waals surface area contributed by atoms with Crippen LogP contribution in [0.5, 0.6) is 0 Å². The first-order valence-corrected chi connectivity index (χ1v) is 24.2. The molecule has 1 fully saturated rings. The molecular formula is C49H91NO8. The minimum Gasteiger partial charge on any atom is -0.394 e. The Bertz CT molecular complexity index is 1000. The minimum atomic E-state index is -1.57. The highest BCUT2D eigenvalue weighted by atomic mass is 16.7. The first-order valence-electron chi connectivity index (χ1n) is 24.2. The topological polar surface area (TPSA) is 149 Å². The lowest BCUT2D eigenvalue weighted by Gasteiger charge is -2.40. The van der Waals surface area contributed by atoms with Crippen molar-refractivity contribution in [3.8, 4) is 0 Å². The number of amides is 1. The van der Waals surface area contributed by atoms with Gasteiger partial charge < -0.3 is 40.3 Å². The molecule has 0 aromatic heterocycles. The molecule has 1 saturated heterocycles. The Hall–Kier alpha value is -1.59. The van der Waals surface area contributed by atoms with Crippen molar-refractivity contribution in [3.63, 3.8) is 0 Å². The molecule has 0 radical (unpaired) electrons. The summed E-state index contributed by atoms with van der Waals surface area (Å²) in [4.78, 5) is 13.0. The summed E-state index contributed by atoms with van der Waals surface area (Å²) >= 11 is 0. The first-order chi connectivity index (χ1) is 28.3. The second kappa shape index (κ2) is 39.5. The maximum atomic E-state index is 13.0. The number of rotatable bonds is 40. The van der Waals surface area contributed by atoms with Crippen molar-refractivity contribution in [2.24, 2.45) is 0 Å². The van der Waals surface area contributed by atoms with E-state index in [4.69, 9.17) is 9.47 Å². The lowest BCUT2D eigenvalue weighted by atomic mass is 9.99. The molecule has 1 rings (SSSR count). The normalized spacial score (nSPS) is 21.1. The average Bonchev–Trinajstić information content (AvgIpc) is 3.22. The van der Waals surface area contributed by atoms with Crippen LogP contribution >= 0.6 is 0 Å². The van der Waals surface area contributed by atoms with Crippen molar-refractivity contribution in [2.75, 3.05) is 13.2 Å². The molecule has 7 atom stereocenters. The lowest BCUT2D eigenvalue weighted by molar-refractivity contribution is -0.302. The third-order valence-corrected chi connectivity index (χ3v) is 11.4. The van der Waals surface area contributed by atoms with E-state index in [2.05, 4.69) is 43.5 Å². The van der Waals surface area contributed by atoms with Gasteiger partial charge in [0, 0.05) is 6.42 Å². The van der Waals surface area contributed by atoms with E-state index in [9.17, 15) is 30.3 Å². The van der Waals surface area contributed by atoms with Crippen LogP contribution in [0.2, 0.25) is 0 Å². The van der Waals surface area contributed by atoms with Crippen LogP contribution in [0.4, 0.5) is 0 Å². The quantitative estimate of drug-likeness (QED) is 0.0264. The predicted molar refractivity (Wildman–Crippen MR) is 240 cm³/mol. The van der Waals surface area contributed by atoms with E-state index in [1.165, 1.54) is 148 Å². The Labute approximate surface area is 355 Å². The molecular weight excluding hydrogens is 731 g/mol. The van der Waals surface area contributed by atoms with Crippen LogP contribution in [0.1, 0.15) is 213 Å². The zero-order valence-electron chi connectivity index (χ0n) is 37.3. The van der Waals surface area contributed by atoms with Gasteiger partial charge in [-0.1, -0.05) is 198 Å². The molecule has 340 valence electrons. The highest BCUT2D eigenvalue weighted by Crippen LogP contribution is 2.23. The van der Waals surface area contributed by atoms with Gasteiger partial charge in [0.2, 0.25) is 5.91 Å². The van der Waals surface area contributed by atoms with Crippen LogP contribution < -0.4 is 5.32 Å². The molecule has 9 nitrogen and oxygen atoms in total. The molecule has 0 aromatic carbocycles.